The van der Waals surface area contributed by atoms with Crippen LogP contribution in [0.15, 0.2) is 46.9 Å². The molecular weight excluding hydrogens is 318 g/mol. The Kier molecular flexibility index (Phi) is 4.79. The third-order valence-corrected chi connectivity index (χ3v) is 3.49. The average Bonchev–Trinajstić information content (AvgIpc) is 2.40. The number of carbonyl (C=O) groups is 1. The molecule has 0 aliphatic rings. The van der Waals surface area contributed by atoms with Crippen LogP contribution in [-0.2, 0) is 4.79 Å². The summed E-state index contributed by atoms with van der Waals surface area (Å²) in [5, 5.41) is 2.83. The minimum Gasteiger partial charge on any atom is -0.483 e. The van der Waals surface area contributed by atoms with Crippen LogP contribution in [0.4, 0.5) is 5.69 Å². The lowest BCUT2D eigenvalue weighted by Gasteiger charge is -2.10. The molecule has 4 heteroatoms. The van der Waals surface area contributed by atoms with Crippen LogP contribution >= 0.6 is 15.9 Å². The lowest BCUT2D eigenvalue weighted by molar-refractivity contribution is -0.118. The van der Waals surface area contributed by atoms with Gasteiger partial charge in [0.05, 0.1) is 4.47 Å². The van der Waals surface area contributed by atoms with Gasteiger partial charge in [0.2, 0.25) is 0 Å². The molecule has 0 saturated carbocycles. The van der Waals surface area contributed by atoms with Gasteiger partial charge in [-0.3, -0.25) is 4.79 Å². The van der Waals surface area contributed by atoms with Crippen molar-refractivity contribution in [3.8, 4) is 5.75 Å². The van der Waals surface area contributed by atoms with E-state index in [1.807, 2.05) is 56.3 Å². The minimum absolute atomic E-state index is 0.0179. The first-order valence-corrected chi connectivity index (χ1v) is 7.10. The first kappa shape index (κ1) is 14.6. The lowest BCUT2D eigenvalue weighted by atomic mass is 10.2. The molecular formula is C16H16BrNO2. The second kappa shape index (κ2) is 6.57. The van der Waals surface area contributed by atoms with Crippen molar-refractivity contribution in [2.24, 2.45) is 0 Å². The number of nitrogens with one attached hydrogen (secondary N) is 1. The molecule has 1 amide bonds. The molecule has 0 fully saturated rings. The van der Waals surface area contributed by atoms with E-state index < -0.39 is 0 Å². The lowest BCUT2D eigenvalue weighted by Crippen LogP contribution is -2.20. The summed E-state index contributed by atoms with van der Waals surface area (Å²) in [6, 6.07) is 13.4. The fraction of sp³-hybridized carbons (Fsp3) is 0.188. The Bertz CT molecular complexity index is 626. The normalized spacial score (nSPS) is 10.2. The number of carbonyl (C=O) groups excluding carboxylic acids is 1. The van der Waals surface area contributed by atoms with Crippen LogP contribution < -0.4 is 10.1 Å². The molecule has 0 bridgehead atoms. The molecule has 0 spiro atoms. The summed E-state index contributed by atoms with van der Waals surface area (Å²) in [5.74, 6) is 0.488. The van der Waals surface area contributed by atoms with Crippen LogP contribution in [-0.4, -0.2) is 12.5 Å². The van der Waals surface area contributed by atoms with Gasteiger partial charge in [-0.05, 0) is 59.1 Å². The second-order valence-corrected chi connectivity index (χ2v) is 5.44. The van der Waals surface area contributed by atoms with Gasteiger partial charge in [-0.15, -0.1) is 0 Å². The standard InChI is InChI=1S/C16H16BrNO2/c1-11-7-8-15(13(17)9-11)20-10-16(19)18-14-6-4-3-5-12(14)2/h3-9H,10H2,1-2H3,(H,18,19). The van der Waals surface area contributed by atoms with Crippen LogP contribution in [0, 0.1) is 13.8 Å². The number of halogens is 1. The molecule has 2 aromatic carbocycles. The zero-order valence-electron chi connectivity index (χ0n) is 11.4. The van der Waals surface area contributed by atoms with E-state index in [4.69, 9.17) is 4.74 Å². The van der Waals surface area contributed by atoms with Gasteiger partial charge in [-0.25, -0.2) is 0 Å². The van der Waals surface area contributed by atoms with Crippen LogP contribution in [0.25, 0.3) is 0 Å². The molecule has 0 aromatic heterocycles. The van der Waals surface area contributed by atoms with Crippen molar-refractivity contribution < 1.29 is 9.53 Å². The Balaban J connectivity index is 1.94. The summed E-state index contributed by atoms with van der Waals surface area (Å²) >= 11 is 3.42. The number of hydrogen-bond acceptors (Lipinski definition) is 2. The summed E-state index contributed by atoms with van der Waals surface area (Å²) in [6.07, 6.45) is 0. The average molecular weight is 334 g/mol. The minimum atomic E-state index is -0.174. The van der Waals surface area contributed by atoms with E-state index in [0.717, 1.165) is 21.3 Å². The number of benzene rings is 2. The largest absolute Gasteiger partial charge is 0.483 e. The smallest absolute Gasteiger partial charge is 0.262 e. The molecule has 2 rings (SSSR count). The molecule has 104 valence electrons. The maximum Gasteiger partial charge on any atom is 0.262 e. The fourth-order valence-corrected chi connectivity index (χ4v) is 2.37. The van der Waals surface area contributed by atoms with Gasteiger partial charge in [0.25, 0.3) is 5.91 Å². The zero-order chi connectivity index (χ0) is 14.5. The molecule has 0 aliphatic heterocycles. The van der Waals surface area contributed by atoms with E-state index in [1.165, 1.54) is 0 Å². The van der Waals surface area contributed by atoms with Gasteiger partial charge in [-0.1, -0.05) is 24.3 Å². The highest BCUT2D eigenvalue weighted by atomic mass is 79.9. The number of amides is 1. The monoisotopic (exact) mass is 333 g/mol. The summed E-state index contributed by atoms with van der Waals surface area (Å²) in [6.45, 7) is 3.93. The van der Waals surface area contributed by atoms with Crippen molar-refractivity contribution in [1.82, 2.24) is 0 Å². The predicted molar refractivity (Wildman–Crippen MR) is 84.2 cm³/mol. The van der Waals surface area contributed by atoms with Gasteiger partial charge in [0.1, 0.15) is 5.75 Å². The van der Waals surface area contributed by atoms with E-state index in [0.29, 0.717) is 5.75 Å². The van der Waals surface area contributed by atoms with Crippen LogP contribution in [0.5, 0.6) is 5.75 Å². The molecule has 0 aliphatic carbocycles. The van der Waals surface area contributed by atoms with E-state index in [9.17, 15) is 4.79 Å². The quantitative estimate of drug-likeness (QED) is 0.915. The van der Waals surface area contributed by atoms with Crippen molar-refractivity contribution in [3.63, 3.8) is 0 Å². The van der Waals surface area contributed by atoms with Gasteiger partial charge in [0, 0.05) is 5.69 Å². The second-order valence-electron chi connectivity index (χ2n) is 4.59. The van der Waals surface area contributed by atoms with Gasteiger partial charge in [0.15, 0.2) is 6.61 Å². The molecule has 0 saturated heterocycles. The van der Waals surface area contributed by atoms with Crippen molar-refractivity contribution in [3.05, 3.63) is 58.1 Å². The molecule has 0 heterocycles. The number of hydrogen-bond donors (Lipinski definition) is 1. The van der Waals surface area contributed by atoms with Crippen LogP contribution in [0.3, 0.4) is 0 Å². The topological polar surface area (TPSA) is 38.3 Å². The Hall–Kier alpha value is -1.81. The first-order valence-electron chi connectivity index (χ1n) is 6.30. The van der Waals surface area contributed by atoms with Crippen LogP contribution in [0.1, 0.15) is 11.1 Å². The molecule has 0 atom stereocenters. The fourth-order valence-electron chi connectivity index (χ4n) is 1.77. The molecule has 3 nitrogen and oxygen atoms in total. The van der Waals surface area contributed by atoms with E-state index in [1.54, 1.807) is 0 Å². The molecule has 2 aromatic rings. The highest BCUT2D eigenvalue weighted by Gasteiger charge is 2.07. The molecule has 1 N–H and O–H groups in total. The number of anilines is 1. The van der Waals surface area contributed by atoms with Crippen LogP contribution in [0.2, 0.25) is 0 Å². The Morgan fingerprint density at radius 3 is 2.65 bits per heavy atom. The van der Waals surface area contributed by atoms with Crippen molar-refractivity contribution >= 4 is 27.5 Å². The van der Waals surface area contributed by atoms with Gasteiger partial charge < -0.3 is 10.1 Å². The SMILES string of the molecule is Cc1ccc(OCC(=O)Nc2ccccc2C)c(Br)c1. The third kappa shape index (κ3) is 3.84. The molecule has 0 unspecified atom stereocenters. The number of rotatable bonds is 4. The Labute approximate surface area is 127 Å². The molecule has 0 radical (unpaired) electrons. The summed E-state index contributed by atoms with van der Waals surface area (Å²) in [4.78, 5) is 11.9. The Morgan fingerprint density at radius 2 is 1.95 bits per heavy atom. The number of aryl methyl sites for hydroxylation is 2. The van der Waals surface area contributed by atoms with Crippen molar-refractivity contribution in [1.29, 1.82) is 0 Å². The maximum absolute atomic E-state index is 11.9. The maximum atomic E-state index is 11.9. The van der Waals surface area contributed by atoms with E-state index >= 15 is 0 Å². The summed E-state index contributed by atoms with van der Waals surface area (Å²) in [7, 11) is 0. The predicted octanol–water partition coefficient (Wildman–Crippen LogP) is 4.08. The van der Waals surface area contributed by atoms with Crippen molar-refractivity contribution in [2.75, 3.05) is 11.9 Å². The van der Waals surface area contributed by atoms with E-state index in [2.05, 4.69) is 21.2 Å². The Morgan fingerprint density at radius 1 is 1.20 bits per heavy atom. The molecule has 20 heavy (non-hydrogen) atoms. The highest BCUT2D eigenvalue weighted by Crippen LogP contribution is 2.25. The van der Waals surface area contributed by atoms with Gasteiger partial charge in [-0.2, -0.15) is 0 Å². The highest BCUT2D eigenvalue weighted by molar-refractivity contribution is 9.10. The third-order valence-electron chi connectivity index (χ3n) is 2.87. The number of ether oxygens (including phenoxy) is 1. The number of para-hydroxylation sites is 1. The zero-order valence-corrected chi connectivity index (χ0v) is 13.0. The van der Waals surface area contributed by atoms with Crippen molar-refractivity contribution in [2.45, 2.75) is 13.8 Å². The van der Waals surface area contributed by atoms with Gasteiger partial charge >= 0.3 is 0 Å². The first-order chi connectivity index (χ1) is 9.56. The summed E-state index contributed by atoms with van der Waals surface area (Å²) in [5.41, 5.74) is 2.97. The summed E-state index contributed by atoms with van der Waals surface area (Å²) < 4.78 is 6.36. The van der Waals surface area contributed by atoms with E-state index in [-0.39, 0.29) is 12.5 Å².